The van der Waals surface area contributed by atoms with Gasteiger partial charge in [0.05, 0.1) is 6.10 Å². The number of nitrogens with zero attached hydrogens (tertiary/aromatic N) is 2. The minimum absolute atomic E-state index is 0.0986. The number of nitrogen functional groups attached to an aromatic ring is 2. The number of hydrogen-bond donors (Lipinski definition) is 4. The number of nitrogens with two attached hydrogens (primary N) is 2. The third-order valence-corrected chi connectivity index (χ3v) is 4.87. The highest BCUT2D eigenvalue weighted by molar-refractivity contribution is 6.32. The number of aromatic nitrogens is 2. The van der Waals surface area contributed by atoms with Crippen LogP contribution in [-0.2, 0) is 6.42 Å². The van der Waals surface area contributed by atoms with Crippen molar-refractivity contribution in [3.05, 3.63) is 41.0 Å². The number of hydrogen-bond acceptors (Lipinski definition) is 6. The predicted octanol–water partition coefficient (Wildman–Crippen LogP) is 2.34. The molecule has 1 saturated carbocycles. The van der Waals surface area contributed by atoms with E-state index in [0.29, 0.717) is 29.8 Å². The zero-order chi connectivity index (χ0) is 17.1. The molecule has 0 aliphatic heterocycles. The number of rotatable bonds is 6. The van der Waals surface area contributed by atoms with Crippen LogP contribution in [0.1, 0.15) is 18.4 Å². The molecule has 1 atom stereocenters. The van der Waals surface area contributed by atoms with Crippen molar-refractivity contribution in [1.82, 2.24) is 9.97 Å². The average Bonchev–Trinajstić information content (AvgIpc) is 2.51. The predicted molar refractivity (Wildman–Crippen MR) is 96.7 cm³/mol. The summed E-state index contributed by atoms with van der Waals surface area (Å²) in [5.41, 5.74) is 12.9. The second kappa shape index (κ2) is 7.23. The molecule has 6 nitrogen and oxygen atoms in total. The summed E-state index contributed by atoms with van der Waals surface area (Å²) >= 11 is 5.89. The van der Waals surface area contributed by atoms with Crippen LogP contribution in [0.25, 0.3) is 0 Å². The lowest BCUT2D eigenvalue weighted by Crippen LogP contribution is -2.38. The Bertz CT molecular complexity index is 691. The van der Waals surface area contributed by atoms with E-state index < -0.39 is 0 Å². The van der Waals surface area contributed by atoms with Crippen molar-refractivity contribution in [1.29, 1.82) is 0 Å². The lowest BCUT2D eigenvalue weighted by Gasteiger charge is -2.38. The molecule has 1 unspecified atom stereocenters. The van der Waals surface area contributed by atoms with Gasteiger partial charge in [0.25, 0.3) is 0 Å². The molecule has 0 bridgehead atoms. The fourth-order valence-corrected chi connectivity index (χ4v) is 3.30. The average molecular weight is 348 g/mol. The summed E-state index contributed by atoms with van der Waals surface area (Å²) in [6.07, 6.45) is 2.37. The molecule has 128 valence electrons. The highest BCUT2D eigenvalue weighted by Gasteiger charge is 2.34. The molecule has 3 rings (SSSR count). The van der Waals surface area contributed by atoms with Crippen molar-refractivity contribution in [2.24, 2.45) is 11.8 Å². The minimum atomic E-state index is -0.294. The first-order valence-corrected chi connectivity index (χ1v) is 8.45. The summed E-state index contributed by atoms with van der Waals surface area (Å²) in [6.45, 7) is 0.728. The topological polar surface area (TPSA) is 110 Å². The molecular weight excluding hydrogens is 326 g/mol. The number of anilines is 3. The van der Waals surface area contributed by atoms with Crippen LogP contribution >= 0.6 is 11.6 Å². The number of aliphatic hydroxyl groups excluding tert-OH is 1. The van der Waals surface area contributed by atoms with Gasteiger partial charge < -0.3 is 21.9 Å². The molecule has 0 spiro atoms. The van der Waals surface area contributed by atoms with Gasteiger partial charge in [0.2, 0.25) is 5.95 Å². The summed E-state index contributed by atoms with van der Waals surface area (Å²) in [5.74, 6) is 1.39. The van der Waals surface area contributed by atoms with Crippen molar-refractivity contribution in [2.45, 2.75) is 25.4 Å². The molecule has 1 aromatic carbocycles. The van der Waals surface area contributed by atoms with Crippen LogP contribution in [0.3, 0.4) is 0 Å². The number of benzene rings is 1. The highest BCUT2D eigenvalue weighted by Crippen LogP contribution is 2.37. The van der Waals surface area contributed by atoms with Gasteiger partial charge in [-0.1, -0.05) is 41.9 Å². The van der Waals surface area contributed by atoms with Gasteiger partial charge in [0.1, 0.15) is 5.69 Å². The Morgan fingerprint density at radius 2 is 1.92 bits per heavy atom. The molecule has 7 heteroatoms. The Balaban J connectivity index is 1.46. The quantitative estimate of drug-likeness (QED) is 0.597. The third-order valence-electron chi connectivity index (χ3n) is 4.58. The van der Waals surface area contributed by atoms with Crippen molar-refractivity contribution in [3.63, 3.8) is 0 Å². The lowest BCUT2D eigenvalue weighted by molar-refractivity contribution is 0.0321. The second-order valence-electron chi connectivity index (χ2n) is 6.37. The van der Waals surface area contributed by atoms with E-state index in [9.17, 15) is 5.11 Å². The highest BCUT2D eigenvalue weighted by atomic mass is 35.5. The van der Waals surface area contributed by atoms with Crippen LogP contribution in [-0.4, -0.2) is 27.7 Å². The SMILES string of the molecule is Nc1nc(Cl)c(N)c(NCC2CC(C(O)Cc3ccccc3)C2)n1. The summed E-state index contributed by atoms with van der Waals surface area (Å²) in [7, 11) is 0. The van der Waals surface area contributed by atoms with E-state index in [1.807, 2.05) is 30.3 Å². The van der Waals surface area contributed by atoms with Gasteiger partial charge >= 0.3 is 0 Å². The van der Waals surface area contributed by atoms with Gasteiger partial charge in [-0.15, -0.1) is 0 Å². The third kappa shape index (κ3) is 3.88. The molecule has 1 heterocycles. The molecule has 6 N–H and O–H groups in total. The molecular formula is C17H22ClN5O. The van der Waals surface area contributed by atoms with Crippen LogP contribution in [0, 0.1) is 11.8 Å². The van der Waals surface area contributed by atoms with Crippen molar-refractivity contribution >= 4 is 29.1 Å². The largest absolute Gasteiger partial charge is 0.393 e. The fraction of sp³-hybridized carbons (Fsp3) is 0.412. The Kier molecular flexibility index (Phi) is 5.06. The van der Waals surface area contributed by atoms with Crippen LogP contribution < -0.4 is 16.8 Å². The molecule has 0 saturated heterocycles. The van der Waals surface area contributed by atoms with E-state index in [4.69, 9.17) is 23.1 Å². The normalized spacial score (nSPS) is 21.1. The van der Waals surface area contributed by atoms with Crippen LogP contribution in [0.4, 0.5) is 17.5 Å². The molecule has 1 aliphatic carbocycles. The Labute approximate surface area is 146 Å². The van der Waals surface area contributed by atoms with Gasteiger partial charge in [0, 0.05) is 6.54 Å². The number of nitrogens with one attached hydrogen (secondary N) is 1. The van der Waals surface area contributed by atoms with Gasteiger partial charge in [0.15, 0.2) is 11.0 Å². The van der Waals surface area contributed by atoms with Crippen LogP contribution in [0.5, 0.6) is 0 Å². The molecule has 1 aromatic heterocycles. The van der Waals surface area contributed by atoms with Crippen molar-refractivity contribution in [3.8, 4) is 0 Å². The van der Waals surface area contributed by atoms with Crippen LogP contribution in [0.2, 0.25) is 5.15 Å². The van der Waals surface area contributed by atoms with E-state index in [-0.39, 0.29) is 17.2 Å². The minimum Gasteiger partial charge on any atom is -0.393 e. The standard InChI is InChI=1S/C17H22ClN5O/c18-15-14(19)16(23-17(20)22-15)21-9-11-6-12(7-11)13(24)8-10-4-2-1-3-5-10/h1-5,11-13,24H,6-9,19H2,(H3,20,21,22,23). The van der Waals surface area contributed by atoms with E-state index in [0.717, 1.165) is 19.4 Å². The molecule has 0 amide bonds. The summed E-state index contributed by atoms with van der Waals surface area (Å²) in [4.78, 5) is 7.87. The molecule has 1 aliphatic rings. The van der Waals surface area contributed by atoms with Gasteiger partial charge in [-0.2, -0.15) is 9.97 Å². The number of halogens is 1. The first-order chi connectivity index (χ1) is 11.5. The Hall–Kier alpha value is -2.05. The maximum absolute atomic E-state index is 10.3. The maximum atomic E-state index is 10.3. The van der Waals surface area contributed by atoms with Gasteiger partial charge in [-0.05, 0) is 36.7 Å². The van der Waals surface area contributed by atoms with Crippen LogP contribution in [0.15, 0.2) is 30.3 Å². The molecule has 24 heavy (non-hydrogen) atoms. The second-order valence-corrected chi connectivity index (χ2v) is 6.73. The first-order valence-electron chi connectivity index (χ1n) is 8.07. The molecule has 0 radical (unpaired) electrons. The van der Waals surface area contributed by atoms with E-state index >= 15 is 0 Å². The van der Waals surface area contributed by atoms with E-state index in [2.05, 4.69) is 15.3 Å². The fourth-order valence-electron chi connectivity index (χ4n) is 3.12. The van der Waals surface area contributed by atoms with E-state index in [1.54, 1.807) is 0 Å². The molecule has 2 aromatic rings. The summed E-state index contributed by atoms with van der Waals surface area (Å²) in [6, 6.07) is 10.1. The van der Waals surface area contributed by atoms with Gasteiger partial charge in [-0.3, -0.25) is 0 Å². The maximum Gasteiger partial charge on any atom is 0.223 e. The smallest absolute Gasteiger partial charge is 0.223 e. The first kappa shape index (κ1) is 16.8. The Morgan fingerprint density at radius 1 is 1.21 bits per heavy atom. The molecule has 1 fully saturated rings. The monoisotopic (exact) mass is 347 g/mol. The number of aliphatic hydroxyl groups is 1. The zero-order valence-corrected chi connectivity index (χ0v) is 14.1. The Morgan fingerprint density at radius 3 is 2.62 bits per heavy atom. The summed E-state index contributed by atoms with van der Waals surface area (Å²) in [5, 5.41) is 13.7. The van der Waals surface area contributed by atoms with Crippen molar-refractivity contribution in [2.75, 3.05) is 23.3 Å². The van der Waals surface area contributed by atoms with E-state index in [1.165, 1.54) is 5.56 Å². The summed E-state index contributed by atoms with van der Waals surface area (Å²) < 4.78 is 0. The lowest BCUT2D eigenvalue weighted by atomic mass is 9.71. The van der Waals surface area contributed by atoms with Gasteiger partial charge in [-0.25, -0.2) is 0 Å². The zero-order valence-electron chi connectivity index (χ0n) is 13.3. The van der Waals surface area contributed by atoms with Crippen molar-refractivity contribution < 1.29 is 5.11 Å².